The van der Waals surface area contributed by atoms with E-state index in [9.17, 15) is 9.59 Å². The predicted molar refractivity (Wildman–Crippen MR) is 154 cm³/mol. The lowest BCUT2D eigenvalue weighted by atomic mass is 9.71. The Labute approximate surface area is 226 Å². The SMILES string of the molecule is BC(C)(CNC(C)C)COCC(C)(C)NC(=O)CC(C)(S)COCC(C)(C)CNC(=O)OC(C)(C)C. The van der Waals surface area contributed by atoms with Gasteiger partial charge in [-0.15, -0.1) is 0 Å². The van der Waals surface area contributed by atoms with Crippen LogP contribution in [0.2, 0.25) is 5.31 Å². The van der Waals surface area contributed by atoms with Crippen LogP contribution < -0.4 is 16.0 Å². The first-order valence-corrected chi connectivity index (χ1v) is 13.4. The van der Waals surface area contributed by atoms with Crippen LogP contribution in [0.3, 0.4) is 0 Å². The van der Waals surface area contributed by atoms with Crippen LogP contribution in [0.5, 0.6) is 0 Å². The highest BCUT2D eigenvalue weighted by Gasteiger charge is 2.30. The van der Waals surface area contributed by atoms with Crippen molar-refractivity contribution in [1.29, 1.82) is 0 Å². The molecule has 2 unspecified atom stereocenters. The third kappa shape index (κ3) is 19.2. The Hall–Kier alpha value is -0.965. The molecule has 3 N–H and O–H groups in total. The second kappa shape index (κ2) is 14.3. The van der Waals surface area contributed by atoms with E-state index in [1.807, 2.05) is 55.4 Å². The molecule has 0 heterocycles. The molecule has 0 radical (unpaired) electrons. The Bertz CT molecular complexity index is 692. The third-order valence-corrected chi connectivity index (χ3v) is 5.27. The van der Waals surface area contributed by atoms with Crippen molar-refractivity contribution in [3.8, 4) is 0 Å². The quantitative estimate of drug-likeness (QED) is 0.180. The van der Waals surface area contributed by atoms with Crippen LogP contribution in [0.4, 0.5) is 4.79 Å². The van der Waals surface area contributed by atoms with Crippen molar-refractivity contribution in [1.82, 2.24) is 16.0 Å². The maximum absolute atomic E-state index is 12.7. The van der Waals surface area contributed by atoms with Crippen LogP contribution in [0.1, 0.15) is 82.6 Å². The van der Waals surface area contributed by atoms with Crippen molar-refractivity contribution in [3.63, 3.8) is 0 Å². The van der Waals surface area contributed by atoms with Crippen molar-refractivity contribution >= 4 is 32.5 Å². The van der Waals surface area contributed by atoms with Gasteiger partial charge in [-0.1, -0.05) is 34.6 Å². The van der Waals surface area contributed by atoms with E-state index in [4.69, 9.17) is 14.2 Å². The Kier molecular flexibility index (Phi) is 13.9. The van der Waals surface area contributed by atoms with Gasteiger partial charge in [0.25, 0.3) is 0 Å². The molecule has 36 heavy (non-hydrogen) atoms. The molecule has 0 bridgehead atoms. The van der Waals surface area contributed by atoms with Crippen LogP contribution in [-0.4, -0.2) is 81.3 Å². The fourth-order valence-electron chi connectivity index (χ4n) is 3.19. The summed E-state index contributed by atoms with van der Waals surface area (Å²) < 4.78 is 16.5. The minimum Gasteiger partial charge on any atom is -0.444 e. The van der Waals surface area contributed by atoms with Gasteiger partial charge in [-0.05, 0) is 53.4 Å². The topological polar surface area (TPSA) is 97.9 Å². The van der Waals surface area contributed by atoms with E-state index in [0.717, 1.165) is 6.54 Å². The van der Waals surface area contributed by atoms with Gasteiger partial charge < -0.3 is 30.2 Å². The van der Waals surface area contributed by atoms with E-state index in [1.54, 1.807) is 0 Å². The molecule has 0 saturated heterocycles. The monoisotopic (exact) mass is 531 g/mol. The molecule has 0 fully saturated rings. The molecule has 2 amide bonds. The number of amides is 2. The van der Waals surface area contributed by atoms with Gasteiger partial charge >= 0.3 is 6.09 Å². The lowest BCUT2D eigenvalue weighted by Crippen LogP contribution is -2.49. The highest BCUT2D eigenvalue weighted by Crippen LogP contribution is 2.23. The number of nitrogens with one attached hydrogen (secondary N) is 3. The fraction of sp³-hybridized carbons (Fsp3) is 0.923. The van der Waals surface area contributed by atoms with Crippen LogP contribution in [0.25, 0.3) is 0 Å². The molecular weight excluding hydrogens is 477 g/mol. The van der Waals surface area contributed by atoms with Crippen LogP contribution in [0, 0.1) is 5.41 Å². The van der Waals surface area contributed by atoms with Crippen molar-refractivity contribution in [2.24, 2.45) is 5.41 Å². The summed E-state index contributed by atoms with van der Waals surface area (Å²) in [5.74, 6) is -0.101. The molecular formula is C26H54BN3O5S. The summed E-state index contributed by atoms with van der Waals surface area (Å²) >= 11 is 4.67. The standard InChI is InChI=1S/C26H54BN3O5S/c1-19(2)28-14-25(10,27)17-34-16-24(8,9)30-20(31)12-26(11,36)18-33-15-23(6,7)13-29-21(32)35-22(3,4)5/h19,28,36H,12-18,27H2,1-11H3,(H,29,32)(H,30,31). The molecule has 0 aliphatic rings. The van der Waals surface area contributed by atoms with E-state index in [1.165, 1.54) is 0 Å². The molecule has 0 saturated carbocycles. The molecule has 0 aromatic rings. The summed E-state index contributed by atoms with van der Waals surface area (Å²) in [7, 11) is 2.16. The number of carbonyl (C=O) groups is 2. The summed E-state index contributed by atoms with van der Waals surface area (Å²) in [5, 5.41) is 9.29. The van der Waals surface area contributed by atoms with Gasteiger partial charge in [-0.25, -0.2) is 4.79 Å². The highest BCUT2D eigenvalue weighted by molar-refractivity contribution is 7.81. The molecule has 8 nitrogen and oxygen atoms in total. The molecule has 0 aromatic carbocycles. The maximum atomic E-state index is 12.7. The number of thiol groups is 1. The number of hydrogen-bond acceptors (Lipinski definition) is 7. The highest BCUT2D eigenvalue weighted by atomic mass is 32.1. The first-order chi connectivity index (χ1) is 16.0. The average Bonchev–Trinajstić information content (AvgIpc) is 2.61. The summed E-state index contributed by atoms with van der Waals surface area (Å²) in [6, 6.07) is 0.430. The summed E-state index contributed by atoms with van der Waals surface area (Å²) in [6.45, 7) is 24.7. The van der Waals surface area contributed by atoms with E-state index >= 15 is 0 Å². The Morgan fingerprint density at radius 1 is 0.861 bits per heavy atom. The van der Waals surface area contributed by atoms with Gasteiger partial charge in [0.05, 0.1) is 25.4 Å². The lowest BCUT2D eigenvalue weighted by Gasteiger charge is -2.32. The number of ether oxygens (including phenoxy) is 3. The molecule has 10 heteroatoms. The number of hydrogen-bond donors (Lipinski definition) is 4. The zero-order chi connectivity index (χ0) is 28.4. The van der Waals surface area contributed by atoms with Crippen molar-refractivity contribution < 1.29 is 23.8 Å². The van der Waals surface area contributed by atoms with Crippen molar-refractivity contribution in [3.05, 3.63) is 0 Å². The summed E-state index contributed by atoms with van der Waals surface area (Å²) in [4.78, 5) is 24.6. The van der Waals surface area contributed by atoms with Gasteiger partial charge in [0.2, 0.25) is 5.91 Å². The predicted octanol–water partition coefficient (Wildman–Crippen LogP) is 3.35. The first-order valence-electron chi connectivity index (χ1n) is 12.9. The molecule has 2 atom stereocenters. The summed E-state index contributed by atoms with van der Waals surface area (Å²) in [6.07, 6.45) is -0.242. The molecule has 0 aliphatic carbocycles. The first kappa shape index (κ1) is 35.0. The molecule has 0 spiro atoms. The zero-order valence-corrected chi connectivity index (χ0v) is 25.9. The lowest BCUT2D eigenvalue weighted by molar-refractivity contribution is -0.124. The van der Waals surface area contributed by atoms with Crippen molar-refractivity contribution in [2.75, 3.05) is 39.5 Å². The van der Waals surface area contributed by atoms with E-state index in [-0.39, 0.29) is 23.1 Å². The van der Waals surface area contributed by atoms with Crippen LogP contribution in [0.15, 0.2) is 0 Å². The number of rotatable bonds is 16. The van der Waals surface area contributed by atoms with Crippen molar-refractivity contribution in [2.45, 2.75) is 110 Å². The Morgan fingerprint density at radius 3 is 1.94 bits per heavy atom. The average molecular weight is 532 g/mol. The Balaban J connectivity index is 4.46. The second-order valence-electron chi connectivity index (χ2n) is 13.8. The van der Waals surface area contributed by atoms with Crippen LogP contribution >= 0.6 is 12.6 Å². The maximum Gasteiger partial charge on any atom is 0.407 e. The largest absolute Gasteiger partial charge is 0.444 e. The van der Waals surface area contributed by atoms with Gasteiger partial charge in [-0.3, -0.25) is 4.79 Å². The smallest absolute Gasteiger partial charge is 0.407 e. The van der Waals surface area contributed by atoms with Gasteiger partial charge in [0.1, 0.15) is 13.4 Å². The minimum absolute atomic E-state index is 0.00156. The van der Waals surface area contributed by atoms with Gasteiger partial charge in [0.15, 0.2) is 0 Å². The number of carbonyl (C=O) groups excluding carboxylic acids is 2. The molecule has 0 aromatic heterocycles. The van der Waals surface area contributed by atoms with Gasteiger partial charge in [0, 0.05) is 35.8 Å². The van der Waals surface area contributed by atoms with Crippen LogP contribution in [-0.2, 0) is 19.0 Å². The fourth-order valence-corrected chi connectivity index (χ4v) is 3.43. The normalized spacial score (nSPS) is 16.2. The third-order valence-electron chi connectivity index (χ3n) is 4.98. The van der Waals surface area contributed by atoms with E-state index in [2.05, 4.69) is 57.2 Å². The zero-order valence-electron chi connectivity index (χ0n) is 25.0. The summed E-state index contributed by atoms with van der Waals surface area (Å²) in [5.41, 5.74) is -1.35. The van der Waals surface area contributed by atoms with E-state index in [0.29, 0.717) is 39.0 Å². The Morgan fingerprint density at radius 2 is 1.42 bits per heavy atom. The molecule has 212 valence electrons. The second-order valence-corrected chi connectivity index (χ2v) is 14.9. The number of alkyl carbamates (subject to hydrolysis) is 1. The molecule has 0 aliphatic heterocycles. The molecule has 0 rings (SSSR count). The van der Waals surface area contributed by atoms with Gasteiger partial charge in [-0.2, -0.15) is 12.6 Å². The minimum atomic E-state index is -0.639. The van der Waals surface area contributed by atoms with E-state index < -0.39 is 22.0 Å².